The van der Waals surface area contributed by atoms with Gasteiger partial charge in [-0.25, -0.2) is 0 Å². The minimum atomic E-state index is -3.78. The maximum Gasteiger partial charge on any atom is 0.297 e. The highest BCUT2D eigenvalue weighted by molar-refractivity contribution is 7.86. The van der Waals surface area contributed by atoms with Crippen molar-refractivity contribution in [3.63, 3.8) is 0 Å². The Morgan fingerprint density at radius 2 is 1.64 bits per heavy atom. The number of rotatable bonds is 7. The summed E-state index contributed by atoms with van der Waals surface area (Å²) in [4.78, 5) is 0.154. The molecule has 1 atom stereocenters. The summed E-state index contributed by atoms with van der Waals surface area (Å²) in [5, 5.41) is 0. The average molecular weight is 320 g/mol. The monoisotopic (exact) mass is 320 g/mol. The Morgan fingerprint density at radius 1 is 1.00 bits per heavy atom. The molecular formula is C17H20O4S. The van der Waals surface area contributed by atoms with Crippen LogP contribution in [0.4, 0.5) is 0 Å². The molecule has 2 aromatic carbocycles. The molecule has 0 saturated heterocycles. The molecule has 0 aliphatic rings. The lowest BCUT2D eigenvalue weighted by Gasteiger charge is -2.17. The molecule has 0 unspecified atom stereocenters. The van der Waals surface area contributed by atoms with Gasteiger partial charge in [0.2, 0.25) is 0 Å². The highest BCUT2D eigenvalue weighted by Crippen LogP contribution is 2.21. The first kappa shape index (κ1) is 16.7. The fourth-order valence-corrected chi connectivity index (χ4v) is 2.94. The van der Waals surface area contributed by atoms with Crippen LogP contribution in [-0.2, 0) is 19.0 Å². The van der Waals surface area contributed by atoms with Gasteiger partial charge in [0.15, 0.2) is 0 Å². The number of benzene rings is 2. The van der Waals surface area contributed by atoms with Crippen molar-refractivity contribution in [1.29, 1.82) is 0 Å². The Kier molecular flexibility index (Phi) is 5.71. The van der Waals surface area contributed by atoms with E-state index in [1.807, 2.05) is 44.2 Å². The number of hydrogen-bond donors (Lipinski definition) is 0. The molecular weight excluding hydrogens is 300 g/mol. The van der Waals surface area contributed by atoms with E-state index >= 15 is 0 Å². The Hall–Kier alpha value is -1.69. The molecule has 22 heavy (non-hydrogen) atoms. The summed E-state index contributed by atoms with van der Waals surface area (Å²) in [5.41, 5.74) is 1.89. The first-order valence-corrected chi connectivity index (χ1v) is 8.56. The maximum absolute atomic E-state index is 12.2. The van der Waals surface area contributed by atoms with Gasteiger partial charge in [-0.3, -0.25) is 4.18 Å². The van der Waals surface area contributed by atoms with Crippen molar-refractivity contribution in [2.24, 2.45) is 0 Å². The number of ether oxygens (including phenoxy) is 1. The molecule has 0 aliphatic heterocycles. The molecule has 118 valence electrons. The van der Waals surface area contributed by atoms with Gasteiger partial charge in [0.25, 0.3) is 10.1 Å². The van der Waals surface area contributed by atoms with Crippen molar-refractivity contribution < 1.29 is 17.3 Å². The SMILES string of the molecule is CCO[C@H](COS(=O)(=O)c1ccc(C)cc1)c1ccccc1. The van der Waals surface area contributed by atoms with Crippen molar-refractivity contribution in [2.75, 3.05) is 13.2 Å². The van der Waals surface area contributed by atoms with Crippen molar-refractivity contribution in [2.45, 2.75) is 24.8 Å². The van der Waals surface area contributed by atoms with Gasteiger partial charge in [-0.15, -0.1) is 0 Å². The highest BCUT2D eigenvalue weighted by Gasteiger charge is 2.19. The predicted molar refractivity (Wildman–Crippen MR) is 85.1 cm³/mol. The van der Waals surface area contributed by atoms with E-state index in [-0.39, 0.29) is 11.5 Å². The van der Waals surface area contributed by atoms with Gasteiger partial charge in [0.05, 0.1) is 11.5 Å². The number of hydrogen-bond acceptors (Lipinski definition) is 4. The van der Waals surface area contributed by atoms with Crippen LogP contribution in [0.5, 0.6) is 0 Å². The van der Waals surface area contributed by atoms with Gasteiger partial charge in [0.1, 0.15) is 6.10 Å². The second-order valence-electron chi connectivity index (χ2n) is 4.91. The first-order valence-electron chi connectivity index (χ1n) is 7.15. The van der Waals surface area contributed by atoms with Crippen LogP contribution in [0.25, 0.3) is 0 Å². The van der Waals surface area contributed by atoms with Gasteiger partial charge in [-0.2, -0.15) is 8.42 Å². The lowest BCUT2D eigenvalue weighted by Crippen LogP contribution is -2.16. The third-order valence-corrected chi connectivity index (χ3v) is 4.52. The van der Waals surface area contributed by atoms with Gasteiger partial charge >= 0.3 is 0 Å². The molecule has 0 heterocycles. The van der Waals surface area contributed by atoms with E-state index in [1.54, 1.807) is 24.3 Å². The molecule has 5 heteroatoms. The highest BCUT2D eigenvalue weighted by atomic mass is 32.2. The fraction of sp³-hybridized carbons (Fsp3) is 0.294. The zero-order valence-corrected chi connectivity index (χ0v) is 13.5. The lowest BCUT2D eigenvalue weighted by atomic mass is 10.1. The molecule has 0 bridgehead atoms. The van der Waals surface area contributed by atoms with Crippen LogP contribution in [0.2, 0.25) is 0 Å². The molecule has 0 fully saturated rings. The molecule has 0 aromatic heterocycles. The standard InChI is InChI=1S/C17H20O4S/c1-3-20-17(15-7-5-4-6-8-15)13-21-22(18,19)16-11-9-14(2)10-12-16/h4-12,17H,3,13H2,1-2H3/t17-/m1/s1. The third-order valence-electron chi connectivity index (χ3n) is 3.22. The van der Waals surface area contributed by atoms with E-state index < -0.39 is 16.2 Å². The molecule has 2 rings (SSSR count). The van der Waals surface area contributed by atoms with E-state index in [2.05, 4.69) is 0 Å². The molecule has 0 saturated carbocycles. The normalized spacial score (nSPS) is 13.0. The van der Waals surface area contributed by atoms with Gasteiger partial charge in [-0.1, -0.05) is 48.0 Å². The Balaban J connectivity index is 2.10. The van der Waals surface area contributed by atoms with Crippen LogP contribution in [-0.4, -0.2) is 21.6 Å². The maximum atomic E-state index is 12.2. The second kappa shape index (κ2) is 7.54. The minimum Gasteiger partial charge on any atom is -0.371 e. The summed E-state index contributed by atoms with van der Waals surface area (Å²) in [5.74, 6) is 0. The summed E-state index contributed by atoms with van der Waals surface area (Å²) in [6, 6.07) is 16.0. The smallest absolute Gasteiger partial charge is 0.297 e. The van der Waals surface area contributed by atoms with Crippen molar-refractivity contribution in [3.05, 3.63) is 65.7 Å². The van der Waals surface area contributed by atoms with Crippen molar-refractivity contribution in [1.82, 2.24) is 0 Å². The average Bonchev–Trinajstić information content (AvgIpc) is 2.53. The lowest BCUT2D eigenvalue weighted by molar-refractivity contribution is 0.0283. The van der Waals surface area contributed by atoms with Gasteiger partial charge in [0, 0.05) is 6.61 Å². The summed E-state index contributed by atoms with van der Waals surface area (Å²) >= 11 is 0. The fourth-order valence-electron chi connectivity index (χ4n) is 2.03. The van der Waals surface area contributed by atoms with Crippen LogP contribution in [0.3, 0.4) is 0 Å². The van der Waals surface area contributed by atoms with E-state index in [0.29, 0.717) is 6.61 Å². The first-order chi connectivity index (χ1) is 10.5. The molecule has 0 spiro atoms. The van der Waals surface area contributed by atoms with E-state index in [0.717, 1.165) is 11.1 Å². The van der Waals surface area contributed by atoms with Crippen LogP contribution in [0.1, 0.15) is 24.2 Å². The zero-order chi connectivity index (χ0) is 16.0. The van der Waals surface area contributed by atoms with Crippen LogP contribution in [0.15, 0.2) is 59.5 Å². The van der Waals surface area contributed by atoms with E-state index in [9.17, 15) is 8.42 Å². The second-order valence-corrected chi connectivity index (χ2v) is 6.52. The number of aryl methyl sites for hydroxylation is 1. The van der Waals surface area contributed by atoms with Crippen LogP contribution >= 0.6 is 0 Å². The van der Waals surface area contributed by atoms with Crippen LogP contribution in [0, 0.1) is 6.92 Å². The molecule has 4 nitrogen and oxygen atoms in total. The minimum absolute atomic E-state index is 0.0476. The van der Waals surface area contributed by atoms with E-state index in [4.69, 9.17) is 8.92 Å². The third kappa shape index (κ3) is 4.40. The Morgan fingerprint density at radius 3 is 2.23 bits per heavy atom. The van der Waals surface area contributed by atoms with E-state index in [1.165, 1.54) is 0 Å². The molecule has 0 radical (unpaired) electrons. The summed E-state index contributed by atoms with van der Waals surface area (Å²) < 4.78 is 35.2. The molecule has 0 aliphatic carbocycles. The van der Waals surface area contributed by atoms with Crippen molar-refractivity contribution in [3.8, 4) is 0 Å². The predicted octanol–water partition coefficient (Wildman–Crippen LogP) is 3.48. The topological polar surface area (TPSA) is 52.6 Å². The largest absolute Gasteiger partial charge is 0.371 e. The quantitative estimate of drug-likeness (QED) is 0.733. The Bertz CT molecular complexity index is 678. The zero-order valence-electron chi connectivity index (χ0n) is 12.7. The molecule has 2 aromatic rings. The summed E-state index contributed by atoms with van der Waals surface area (Å²) in [6.07, 6.45) is -0.411. The van der Waals surface area contributed by atoms with Crippen molar-refractivity contribution >= 4 is 10.1 Å². The Labute approximate surface area is 131 Å². The van der Waals surface area contributed by atoms with Gasteiger partial charge < -0.3 is 4.74 Å². The summed E-state index contributed by atoms with van der Waals surface area (Å²) in [7, 11) is -3.78. The van der Waals surface area contributed by atoms with Crippen LogP contribution < -0.4 is 0 Å². The molecule has 0 amide bonds. The molecule has 0 N–H and O–H groups in total. The van der Waals surface area contributed by atoms with Gasteiger partial charge in [-0.05, 0) is 31.5 Å². The summed E-state index contributed by atoms with van der Waals surface area (Å²) in [6.45, 7) is 4.20.